The molecule has 10 heteroatoms. The fourth-order valence-electron chi connectivity index (χ4n) is 2.71. The minimum Gasteiger partial charge on any atom is -0.488 e. The summed E-state index contributed by atoms with van der Waals surface area (Å²) >= 11 is 3.44. The van der Waals surface area contributed by atoms with Gasteiger partial charge in [0.05, 0.1) is 6.54 Å². The molecular weight excluding hydrogens is 446 g/mol. The lowest BCUT2D eigenvalue weighted by Gasteiger charge is -2.21. The van der Waals surface area contributed by atoms with Crippen LogP contribution in [-0.4, -0.2) is 83.4 Å². The van der Waals surface area contributed by atoms with E-state index >= 15 is 0 Å². The van der Waals surface area contributed by atoms with Crippen LogP contribution in [0.3, 0.4) is 0 Å². The zero-order valence-corrected chi connectivity index (χ0v) is 18.2. The summed E-state index contributed by atoms with van der Waals surface area (Å²) in [7, 11) is 0. The Morgan fingerprint density at radius 1 is 1.24 bits per heavy atom. The summed E-state index contributed by atoms with van der Waals surface area (Å²) in [4.78, 5) is 34.5. The number of carboxylic acid groups (broad SMARTS) is 2. The molecule has 29 heavy (non-hydrogen) atoms. The number of urea groups is 1. The Kier molecular flexibility index (Phi) is 11.1. The number of halogens is 1. The number of nitrogens with one attached hydrogen (secondary N) is 1. The second-order valence-corrected chi connectivity index (χ2v) is 7.22. The summed E-state index contributed by atoms with van der Waals surface area (Å²) < 4.78 is 6.95. The smallest absolute Gasteiger partial charge is 0.414 e. The van der Waals surface area contributed by atoms with Crippen molar-refractivity contribution in [1.29, 1.82) is 0 Å². The molecule has 2 amide bonds. The van der Waals surface area contributed by atoms with Gasteiger partial charge in [-0.15, -0.1) is 0 Å². The van der Waals surface area contributed by atoms with Gasteiger partial charge < -0.3 is 30.1 Å². The minimum atomic E-state index is -1.82. The first-order valence-electron chi connectivity index (χ1n) is 9.40. The highest BCUT2D eigenvalue weighted by Gasteiger charge is 2.27. The first-order valence-corrected chi connectivity index (χ1v) is 10.2. The number of ether oxygens (including phenoxy) is 1. The average Bonchev–Trinajstić information content (AvgIpc) is 3.14. The molecule has 1 saturated heterocycles. The number of likely N-dealkylation sites (N-methyl/N-ethyl adjacent to an activating group) is 1. The maximum absolute atomic E-state index is 12.2. The average molecular weight is 474 g/mol. The van der Waals surface area contributed by atoms with Crippen LogP contribution in [0.1, 0.15) is 20.3 Å². The number of carbonyl (C=O) groups is 3. The van der Waals surface area contributed by atoms with Gasteiger partial charge in [0.1, 0.15) is 11.9 Å². The number of rotatable bonds is 7. The molecule has 3 N–H and O–H groups in total. The Hall–Kier alpha value is -2.33. The maximum Gasteiger partial charge on any atom is 0.414 e. The molecule has 2 rings (SSSR count). The van der Waals surface area contributed by atoms with Crippen LogP contribution in [0.15, 0.2) is 28.7 Å². The molecule has 1 aromatic rings. The Labute approximate surface area is 178 Å². The lowest BCUT2D eigenvalue weighted by molar-refractivity contribution is -0.159. The number of carboxylic acids is 2. The van der Waals surface area contributed by atoms with Gasteiger partial charge in [-0.3, -0.25) is 0 Å². The van der Waals surface area contributed by atoms with Crippen molar-refractivity contribution in [3.8, 4) is 5.75 Å². The fourth-order valence-corrected chi connectivity index (χ4v) is 3.09. The van der Waals surface area contributed by atoms with Crippen molar-refractivity contribution in [3.05, 3.63) is 28.7 Å². The zero-order valence-electron chi connectivity index (χ0n) is 16.6. The molecule has 1 fully saturated rings. The fraction of sp³-hybridized carbons (Fsp3) is 0.526. The van der Waals surface area contributed by atoms with Crippen molar-refractivity contribution in [1.82, 2.24) is 15.1 Å². The van der Waals surface area contributed by atoms with E-state index in [0.717, 1.165) is 42.8 Å². The van der Waals surface area contributed by atoms with Crippen molar-refractivity contribution < 1.29 is 29.3 Å². The van der Waals surface area contributed by atoms with E-state index in [-0.39, 0.29) is 12.1 Å². The van der Waals surface area contributed by atoms with Crippen LogP contribution in [0.2, 0.25) is 0 Å². The first-order chi connectivity index (χ1) is 13.8. The van der Waals surface area contributed by atoms with Crippen LogP contribution in [0.25, 0.3) is 0 Å². The molecule has 1 heterocycles. The number of amides is 2. The number of nitrogens with zero attached hydrogens (tertiary/aromatic N) is 2. The van der Waals surface area contributed by atoms with Crippen molar-refractivity contribution in [2.75, 3.05) is 39.3 Å². The van der Waals surface area contributed by atoms with E-state index in [9.17, 15) is 4.79 Å². The van der Waals surface area contributed by atoms with Gasteiger partial charge in [0.15, 0.2) is 0 Å². The quantitative estimate of drug-likeness (QED) is 0.518. The van der Waals surface area contributed by atoms with Gasteiger partial charge in [0.25, 0.3) is 0 Å². The highest BCUT2D eigenvalue weighted by Crippen LogP contribution is 2.22. The minimum absolute atomic E-state index is 0.0116. The zero-order chi connectivity index (χ0) is 21.8. The van der Waals surface area contributed by atoms with Gasteiger partial charge in [-0.25, -0.2) is 14.4 Å². The van der Waals surface area contributed by atoms with Crippen molar-refractivity contribution in [2.45, 2.75) is 26.4 Å². The van der Waals surface area contributed by atoms with Crippen molar-refractivity contribution in [2.24, 2.45) is 0 Å². The highest BCUT2D eigenvalue weighted by atomic mass is 79.9. The molecule has 0 aromatic heterocycles. The third-order valence-corrected chi connectivity index (χ3v) is 4.81. The largest absolute Gasteiger partial charge is 0.488 e. The molecule has 162 valence electrons. The lowest BCUT2D eigenvalue weighted by Crippen LogP contribution is -2.42. The number of carbonyl (C=O) groups excluding carboxylic acids is 1. The van der Waals surface area contributed by atoms with Crippen LogP contribution in [-0.2, 0) is 9.59 Å². The van der Waals surface area contributed by atoms with E-state index < -0.39 is 11.9 Å². The summed E-state index contributed by atoms with van der Waals surface area (Å²) in [5, 5.41) is 17.8. The highest BCUT2D eigenvalue weighted by molar-refractivity contribution is 9.10. The van der Waals surface area contributed by atoms with Crippen molar-refractivity contribution >= 4 is 33.9 Å². The van der Waals surface area contributed by atoms with Gasteiger partial charge in [-0.05, 0) is 31.3 Å². The molecule has 1 aliphatic heterocycles. The lowest BCUT2D eigenvalue weighted by atomic mass is 10.3. The van der Waals surface area contributed by atoms with Gasteiger partial charge in [-0.1, -0.05) is 35.8 Å². The number of likely N-dealkylation sites (tertiary alicyclic amines) is 1. The van der Waals surface area contributed by atoms with Gasteiger partial charge in [-0.2, -0.15) is 0 Å². The standard InChI is InChI=1S/C17H26BrN3O2.C2H2O4/c1-3-20(4-2)11-9-19-17(22)21-10-8-16(13-21)23-15-7-5-6-14(18)12-15;3-1(4)2(5)6/h5-7,12,16H,3-4,8-11,13H2,1-2H3,(H,19,22);(H,3,4)(H,5,6). The predicted octanol–water partition coefficient (Wildman–Crippen LogP) is 2.11. The van der Waals surface area contributed by atoms with E-state index in [2.05, 4.69) is 40.0 Å². The van der Waals surface area contributed by atoms with Gasteiger partial charge in [0, 0.05) is 30.5 Å². The van der Waals surface area contributed by atoms with Gasteiger partial charge in [0.2, 0.25) is 0 Å². The van der Waals surface area contributed by atoms with Crippen LogP contribution in [0, 0.1) is 0 Å². The molecule has 0 bridgehead atoms. The van der Waals surface area contributed by atoms with Crippen molar-refractivity contribution in [3.63, 3.8) is 0 Å². The Morgan fingerprint density at radius 2 is 1.90 bits per heavy atom. The Morgan fingerprint density at radius 3 is 2.45 bits per heavy atom. The summed E-state index contributed by atoms with van der Waals surface area (Å²) in [5.41, 5.74) is 0. The third kappa shape index (κ3) is 9.62. The molecule has 0 spiro atoms. The number of benzene rings is 1. The first kappa shape index (κ1) is 24.7. The molecule has 9 nitrogen and oxygen atoms in total. The second kappa shape index (κ2) is 13.0. The molecule has 1 aliphatic rings. The van der Waals surface area contributed by atoms with E-state index in [1.807, 2.05) is 29.2 Å². The van der Waals surface area contributed by atoms with Crippen LogP contribution in [0.5, 0.6) is 5.75 Å². The third-order valence-electron chi connectivity index (χ3n) is 4.31. The summed E-state index contributed by atoms with van der Waals surface area (Å²) in [6, 6.07) is 7.82. The van der Waals surface area contributed by atoms with E-state index in [0.29, 0.717) is 13.1 Å². The molecule has 0 radical (unpaired) electrons. The number of aliphatic carboxylic acids is 2. The SMILES string of the molecule is CCN(CC)CCNC(=O)N1CCC(Oc2cccc(Br)c2)C1.O=C(O)C(=O)O. The van der Waals surface area contributed by atoms with Crippen LogP contribution < -0.4 is 10.1 Å². The topological polar surface area (TPSA) is 119 Å². The van der Waals surface area contributed by atoms with Crippen LogP contribution in [0.4, 0.5) is 4.79 Å². The predicted molar refractivity (Wildman–Crippen MR) is 111 cm³/mol. The van der Waals surface area contributed by atoms with E-state index in [1.54, 1.807) is 0 Å². The second-order valence-electron chi connectivity index (χ2n) is 6.30. The maximum atomic E-state index is 12.2. The molecule has 1 atom stereocenters. The normalized spacial score (nSPS) is 15.4. The summed E-state index contributed by atoms with van der Waals surface area (Å²) in [6.45, 7) is 9.26. The summed E-state index contributed by atoms with van der Waals surface area (Å²) in [5.74, 6) is -2.81. The Bertz CT molecular complexity index is 672. The number of hydrogen-bond acceptors (Lipinski definition) is 5. The molecule has 0 aliphatic carbocycles. The molecule has 0 saturated carbocycles. The Balaban J connectivity index is 0.000000612. The van der Waals surface area contributed by atoms with E-state index in [4.69, 9.17) is 24.5 Å². The van der Waals surface area contributed by atoms with Crippen LogP contribution >= 0.6 is 15.9 Å². The van der Waals surface area contributed by atoms with Gasteiger partial charge >= 0.3 is 18.0 Å². The summed E-state index contributed by atoms with van der Waals surface area (Å²) in [6.07, 6.45) is 0.938. The van der Waals surface area contributed by atoms with E-state index in [1.165, 1.54) is 0 Å². The number of hydrogen-bond donors (Lipinski definition) is 3. The monoisotopic (exact) mass is 473 g/mol. The molecule has 1 aromatic carbocycles. The molecular formula is C19H28BrN3O6. The molecule has 1 unspecified atom stereocenters.